The van der Waals surface area contributed by atoms with Gasteiger partial charge in [-0.05, 0) is 6.42 Å². The smallest absolute Gasteiger partial charge is 0.320 e. The normalized spacial score (nSPS) is 11.2. The summed E-state index contributed by atoms with van der Waals surface area (Å²) < 4.78 is 25.7. The van der Waals surface area contributed by atoms with Crippen LogP contribution < -0.4 is 15.4 Å². The van der Waals surface area contributed by atoms with Crippen LogP contribution >= 0.6 is 11.3 Å². The number of urea groups is 1. The van der Waals surface area contributed by atoms with Crippen molar-refractivity contribution >= 4 is 32.5 Å². The maximum absolute atomic E-state index is 11.7. The number of carbonyl (C=O) groups excluding carboxylic acids is 1. The molecule has 0 aliphatic heterocycles. The average Bonchev–Trinajstić information content (AvgIpc) is 2.78. The third-order valence-corrected chi connectivity index (χ3v) is 4.57. The molecule has 0 radical (unpaired) electrons. The fourth-order valence-electron chi connectivity index (χ4n) is 0.974. The lowest BCUT2D eigenvalue weighted by Gasteiger charge is -2.01. The van der Waals surface area contributed by atoms with E-state index in [2.05, 4.69) is 25.6 Å². The lowest BCUT2D eigenvalue weighted by molar-refractivity contribution is 0.254. The highest BCUT2D eigenvalue weighted by Crippen LogP contribution is 2.19. The molecular formula is C8H15N5O3S2. The molecule has 0 atom stereocenters. The standard InChI is InChI=1S/C8H15N5O3S2/c1-3-4-5-10-18(15,16)8-13-12-7(17-8)11-6(14)9-2/h10H,3-5H2,1-2H3,(H2,9,11,12,14). The van der Waals surface area contributed by atoms with Gasteiger partial charge in [0.15, 0.2) is 0 Å². The summed E-state index contributed by atoms with van der Waals surface area (Å²) in [5.74, 6) is 0. The van der Waals surface area contributed by atoms with E-state index in [-0.39, 0.29) is 9.47 Å². The van der Waals surface area contributed by atoms with E-state index in [0.717, 1.165) is 24.2 Å². The van der Waals surface area contributed by atoms with Crippen LogP contribution in [0.15, 0.2) is 4.34 Å². The van der Waals surface area contributed by atoms with Gasteiger partial charge in [0, 0.05) is 13.6 Å². The first-order valence-corrected chi connectivity index (χ1v) is 7.61. The highest BCUT2D eigenvalue weighted by atomic mass is 32.2. The first-order valence-electron chi connectivity index (χ1n) is 5.31. The van der Waals surface area contributed by atoms with E-state index in [4.69, 9.17) is 0 Å². The highest BCUT2D eigenvalue weighted by Gasteiger charge is 2.19. The number of nitrogens with one attached hydrogen (secondary N) is 3. The van der Waals surface area contributed by atoms with E-state index in [1.165, 1.54) is 7.05 Å². The molecule has 0 bridgehead atoms. The van der Waals surface area contributed by atoms with Crippen LogP contribution in [0.2, 0.25) is 0 Å². The lowest BCUT2D eigenvalue weighted by Crippen LogP contribution is -2.24. The summed E-state index contributed by atoms with van der Waals surface area (Å²) in [5.41, 5.74) is 0. The average molecular weight is 293 g/mol. The molecule has 1 aromatic rings. The summed E-state index contributed by atoms with van der Waals surface area (Å²) in [6, 6.07) is -0.478. The van der Waals surface area contributed by atoms with Crippen LogP contribution in [0.4, 0.5) is 9.93 Å². The third kappa shape index (κ3) is 4.20. The fourth-order valence-corrected chi connectivity index (χ4v) is 2.98. The number of rotatable bonds is 6. The second-order valence-electron chi connectivity index (χ2n) is 3.33. The van der Waals surface area contributed by atoms with Crippen LogP contribution in [0.3, 0.4) is 0 Å². The topological polar surface area (TPSA) is 113 Å². The Kier molecular flexibility index (Phi) is 5.44. The van der Waals surface area contributed by atoms with Crippen LogP contribution in [-0.4, -0.2) is 38.2 Å². The molecule has 0 fully saturated rings. The van der Waals surface area contributed by atoms with Crippen molar-refractivity contribution in [3.8, 4) is 0 Å². The Labute approximate surface area is 109 Å². The zero-order valence-corrected chi connectivity index (χ0v) is 11.7. The zero-order valence-electron chi connectivity index (χ0n) is 10.1. The SMILES string of the molecule is CCCCNS(=O)(=O)c1nnc(NC(=O)NC)s1. The number of hydrogen-bond donors (Lipinski definition) is 3. The van der Waals surface area contributed by atoms with E-state index in [0.29, 0.717) is 6.54 Å². The molecule has 0 unspecified atom stereocenters. The lowest BCUT2D eigenvalue weighted by atomic mass is 10.3. The Balaban J connectivity index is 2.69. The summed E-state index contributed by atoms with van der Waals surface area (Å²) in [5, 5.41) is 11.9. The number of hydrogen-bond acceptors (Lipinski definition) is 6. The molecule has 0 aliphatic carbocycles. The molecule has 0 aliphatic rings. The Bertz CT molecular complexity index is 499. The molecule has 0 saturated heterocycles. The molecule has 102 valence electrons. The van der Waals surface area contributed by atoms with Gasteiger partial charge in [0.2, 0.25) is 9.47 Å². The molecule has 2 amide bonds. The molecule has 1 rings (SSSR count). The van der Waals surface area contributed by atoms with E-state index in [1.807, 2.05) is 6.92 Å². The summed E-state index contributed by atoms with van der Waals surface area (Å²) in [6.45, 7) is 2.32. The molecule has 3 N–H and O–H groups in total. The minimum Gasteiger partial charge on any atom is -0.341 e. The van der Waals surface area contributed by atoms with E-state index in [9.17, 15) is 13.2 Å². The monoisotopic (exact) mass is 293 g/mol. The summed E-state index contributed by atoms with van der Waals surface area (Å²) in [4.78, 5) is 11.0. The molecule has 18 heavy (non-hydrogen) atoms. The summed E-state index contributed by atoms with van der Waals surface area (Å²) in [6.07, 6.45) is 1.64. The fraction of sp³-hybridized carbons (Fsp3) is 0.625. The van der Waals surface area contributed by atoms with Gasteiger partial charge in [0.1, 0.15) is 0 Å². The number of anilines is 1. The molecular weight excluding hydrogens is 278 g/mol. The molecule has 8 nitrogen and oxygen atoms in total. The van der Waals surface area contributed by atoms with Crippen molar-refractivity contribution in [1.29, 1.82) is 0 Å². The molecule has 1 heterocycles. The van der Waals surface area contributed by atoms with Gasteiger partial charge in [-0.3, -0.25) is 5.32 Å². The van der Waals surface area contributed by atoms with Crippen LogP contribution in [-0.2, 0) is 10.0 Å². The molecule has 0 aromatic carbocycles. The number of aromatic nitrogens is 2. The third-order valence-electron chi connectivity index (χ3n) is 1.91. The Morgan fingerprint density at radius 3 is 2.72 bits per heavy atom. The number of amides is 2. The first kappa shape index (κ1) is 14.8. The van der Waals surface area contributed by atoms with Crippen LogP contribution in [0.25, 0.3) is 0 Å². The molecule has 0 saturated carbocycles. The number of nitrogens with zero attached hydrogens (tertiary/aromatic N) is 2. The van der Waals surface area contributed by atoms with E-state index in [1.54, 1.807) is 0 Å². The van der Waals surface area contributed by atoms with Crippen molar-refractivity contribution in [2.45, 2.75) is 24.1 Å². The second kappa shape index (κ2) is 6.61. The first-order chi connectivity index (χ1) is 8.49. The van der Waals surface area contributed by atoms with Crippen molar-refractivity contribution in [2.75, 3.05) is 18.9 Å². The van der Waals surface area contributed by atoms with Gasteiger partial charge >= 0.3 is 6.03 Å². The summed E-state index contributed by atoms with van der Waals surface area (Å²) >= 11 is 0.797. The Morgan fingerprint density at radius 1 is 1.39 bits per heavy atom. The molecule has 1 aromatic heterocycles. The second-order valence-corrected chi connectivity index (χ2v) is 6.25. The van der Waals surface area contributed by atoms with Gasteiger partial charge in [-0.25, -0.2) is 17.9 Å². The maximum atomic E-state index is 11.7. The Hall–Kier alpha value is -1.26. The van der Waals surface area contributed by atoms with Crippen molar-refractivity contribution in [3.63, 3.8) is 0 Å². The predicted molar refractivity (Wildman–Crippen MR) is 68.1 cm³/mol. The molecule has 0 spiro atoms. The minimum absolute atomic E-state index is 0.130. The van der Waals surface area contributed by atoms with Crippen molar-refractivity contribution < 1.29 is 13.2 Å². The van der Waals surface area contributed by atoms with Crippen molar-refractivity contribution in [1.82, 2.24) is 20.2 Å². The van der Waals surface area contributed by atoms with Gasteiger partial charge in [0.25, 0.3) is 10.0 Å². The van der Waals surface area contributed by atoms with Gasteiger partial charge < -0.3 is 5.32 Å². The Morgan fingerprint density at radius 2 is 2.11 bits per heavy atom. The largest absolute Gasteiger partial charge is 0.341 e. The maximum Gasteiger partial charge on any atom is 0.320 e. The van der Waals surface area contributed by atoms with E-state index < -0.39 is 16.1 Å². The van der Waals surface area contributed by atoms with Crippen molar-refractivity contribution in [2.24, 2.45) is 0 Å². The predicted octanol–water partition coefficient (Wildman–Crippen LogP) is 0.368. The number of sulfonamides is 1. The van der Waals surface area contributed by atoms with Gasteiger partial charge in [-0.1, -0.05) is 24.7 Å². The van der Waals surface area contributed by atoms with Crippen LogP contribution in [0.1, 0.15) is 19.8 Å². The van der Waals surface area contributed by atoms with Gasteiger partial charge in [-0.2, -0.15) is 0 Å². The number of carbonyl (C=O) groups is 1. The van der Waals surface area contributed by atoms with Crippen LogP contribution in [0, 0.1) is 0 Å². The van der Waals surface area contributed by atoms with E-state index >= 15 is 0 Å². The zero-order chi connectivity index (χ0) is 13.6. The van der Waals surface area contributed by atoms with Crippen molar-refractivity contribution in [3.05, 3.63) is 0 Å². The number of unbranched alkanes of at least 4 members (excludes halogenated alkanes) is 1. The van der Waals surface area contributed by atoms with Gasteiger partial charge in [-0.15, -0.1) is 10.2 Å². The quantitative estimate of drug-likeness (QED) is 0.518. The van der Waals surface area contributed by atoms with Crippen LogP contribution in [0.5, 0.6) is 0 Å². The van der Waals surface area contributed by atoms with Gasteiger partial charge in [0.05, 0.1) is 0 Å². The minimum atomic E-state index is -3.63. The highest BCUT2D eigenvalue weighted by molar-refractivity contribution is 7.91. The summed E-state index contributed by atoms with van der Waals surface area (Å²) in [7, 11) is -2.19. The molecule has 10 heteroatoms.